The molecule has 0 aliphatic heterocycles. The number of rotatable bonds is 8. The fourth-order valence-electron chi connectivity index (χ4n) is 7.99. The van der Waals surface area contributed by atoms with E-state index in [0.29, 0.717) is 0 Å². The molecule has 0 unspecified atom stereocenters. The van der Waals surface area contributed by atoms with Gasteiger partial charge in [-0.25, -0.2) is 0 Å². The van der Waals surface area contributed by atoms with Crippen LogP contribution in [-0.2, 0) is 0 Å². The molecular weight excluding hydrogens is 677 g/mol. The molecule has 0 aliphatic rings. The predicted octanol–water partition coefficient (Wildman–Crippen LogP) is 14.9. The van der Waals surface area contributed by atoms with Crippen LogP contribution in [-0.4, -0.2) is 4.57 Å². The zero-order valence-electron chi connectivity index (χ0n) is 30.8. The molecule has 0 saturated heterocycles. The number of para-hydroxylation sites is 1. The first-order chi connectivity index (χ1) is 27.8. The molecular formula is C54H38N2. The van der Waals surface area contributed by atoms with Crippen LogP contribution in [0, 0.1) is 0 Å². The summed E-state index contributed by atoms with van der Waals surface area (Å²) in [5.74, 6) is 0. The van der Waals surface area contributed by atoms with Crippen LogP contribution in [0.15, 0.2) is 231 Å². The van der Waals surface area contributed by atoms with Gasteiger partial charge in [-0.2, -0.15) is 0 Å². The molecule has 56 heavy (non-hydrogen) atoms. The molecule has 0 amide bonds. The standard InChI is InChI=1S/C54H38N2/c1-5-13-39(14-6-1)42-21-29-48(30-22-42)55(47-19-11-4-12-20-47)49-31-23-43(24-32-49)44-25-33-50(34-26-44)56-53-35-27-45(40-15-7-2-8-16-40)37-51(53)52-38-46(28-36-54(52)56)41-17-9-3-10-18-41/h1-38H. The second kappa shape index (κ2) is 14.4. The van der Waals surface area contributed by atoms with Crippen LogP contribution in [0.2, 0.25) is 0 Å². The summed E-state index contributed by atoms with van der Waals surface area (Å²) in [5, 5.41) is 2.49. The lowest BCUT2D eigenvalue weighted by Gasteiger charge is -2.26. The van der Waals surface area contributed by atoms with E-state index in [1.54, 1.807) is 0 Å². The minimum Gasteiger partial charge on any atom is -0.311 e. The molecule has 0 fully saturated rings. The Balaban J connectivity index is 0.999. The van der Waals surface area contributed by atoms with Crippen molar-refractivity contribution in [3.8, 4) is 50.2 Å². The van der Waals surface area contributed by atoms with Gasteiger partial charge in [0.25, 0.3) is 0 Å². The largest absolute Gasteiger partial charge is 0.311 e. The Morgan fingerprint density at radius 1 is 0.250 bits per heavy atom. The highest BCUT2D eigenvalue weighted by Gasteiger charge is 2.16. The maximum atomic E-state index is 2.40. The molecule has 264 valence electrons. The van der Waals surface area contributed by atoms with Gasteiger partial charge in [0.05, 0.1) is 11.0 Å². The molecule has 0 spiro atoms. The topological polar surface area (TPSA) is 8.17 Å². The summed E-state index contributed by atoms with van der Waals surface area (Å²) in [6, 6.07) is 82.9. The molecule has 9 aromatic carbocycles. The van der Waals surface area contributed by atoms with E-state index in [1.165, 1.54) is 66.3 Å². The Hall–Kier alpha value is -7.42. The highest BCUT2D eigenvalue weighted by Crippen LogP contribution is 2.39. The first-order valence-electron chi connectivity index (χ1n) is 19.2. The van der Waals surface area contributed by atoms with E-state index >= 15 is 0 Å². The van der Waals surface area contributed by atoms with Gasteiger partial charge in [-0.1, -0.05) is 158 Å². The number of aromatic nitrogens is 1. The van der Waals surface area contributed by atoms with E-state index < -0.39 is 0 Å². The smallest absolute Gasteiger partial charge is 0.0541 e. The van der Waals surface area contributed by atoms with E-state index in [2.05, 4.69) is 240 Å². The third kappa shape index (κ3) is 6.24. The highest BCUT2D eigenvalue weighted by molar-refractivity contribution is 6.11. The molecule has 2 nitrogen and oxygen atoms in total. The number of hydrogen-bond donors (Lipinski definition) is 0. The number of nitrogens with zero attached hydrogens (tertiary/aromatic N) is 2. The van der Waals surface area contributed by atoms with Crippen LogP contribution in [0.25, 0.3) is 72.0 Å². The van der Waals surface area contributed by atoms with Crippen molar-refractivity contribution in [2.24, 2.45) is 0 Å². The summed E-state index contributed by atoms with van der Waals surface area (Å²) >= 11 is 0. The molecule has 0 saturated carbocycles. The molecule has 10 rings (SSSR count). The van der Waals surface area contributed by atoms with Crippen molar-refractivity contribution in [3.05, 3.63) is 231 Å². The zero-order valence-corrected chi connectivity index (χ0v) is 30.8. The number of fused-ring (bicyclic) bond motifs is 3. The van der Waals surface area contributed by atoms with Gasteiger partial charge in [-0.3, -0.25) is 0 Å². The van der Waals surface area contributed by atoms with E-state index in [1.807, 2.05) is 0 Å². The first-order valence-corrected chi connectivity index (χ1v) is 19.2. The van der Waals surface area contributed by atoms with Crippen molar-refractivity contribution in [3.63, 3.8) is 0 Å². The maximum absolute atomic E-state index is 2.40. The van der Waals surface area contributed by atoms with Crippen LogP contribution in [0.1, 0.15) is 0 Å². The Bertz CT molecular complexity index is 2800. The monoisotopic (exact) mass is 714 g/mol. The summed E-state index contributed by atoms with van der Waals surface area (Å²) in [7, 11) is 0. The molecule has 2 heteroatoms. The third-order valence-corrected chi connectivity index (χ3v) is 10.8. The quantitative estimate of drug-likeness (QED) is 0.152. The maximum Gasteiger partial charge on any atom is 0.0541 e. The van der Waals surface area contributed by atoms with Crippen molar-refractivity contribution in [2.75, 3.05) is 4.90 Å². The lowest BCUT2D eigenvalue weighted by molar-refractivity contribution is 1.18. The predicted molar refractivity (Wildman–Crippen MR) is 237 cm³/mol. The van der Waals surface area contributed by atoms with Crippen molar-refractivity contribution in [2.45, 2.75) is 0 Å². The average molecular weight is 715 g/mol. The summed E-state index contributed by atoms with van der Waals surface area (Å²) in [6.07, 6.45) is 0. The van der Waals surface area contributed by atoms with Crippen LogP contribution in [0.3, 0.4) is 0 Å². The van der Waals surface area contributed by atoms with Gasteiger partial charge in [0, 0.05) is 33.5 Å². The Kier molecular flexibility index (Phi) is 8.55. The molecule has 1 aromatic heterocycles. The molecule has 0 N–H and O–H groups in total. The van der Waals surface area contributed by atoms with Crippen LogP contribution < -0.4 is 4.90 Å². The van der Waals surface area contributed by atoms with Crippen molar-refractivity contribution < 1.29 is 0 Å². The normalized spacial score (nSPS) is 11.2. The van der Waals surface area contributed by atoms with Crippen LogP contribution in [0.5, 0.6) is 0 Å². The van der Waals surface area contributed by atoms with Crippen LogP contribution in [0.4, 0.5) is 17.1 Å². The van der Waals surface area contributed by atoms with E-state index in [9.17, 15) is 0 Å². The fraction of sp³-hybridized carbons (Fsp3) is 0. The minimum absolute atomic E-state index is 1.11. The Labute approximate surface area is 327 Å². The third-order valence-electron chi connectivity index (χ3n) is 10.8. The van der Waals surface area contributed by atoms with Gasteiger partial charge in [0.2, 0.25) is 0 Å². The van der Waals surface area contributed by atoms with E-state index in [4.69, 9.17) is 0 Å². The van der Waals surface area contributed by atoms with E-state index in [0.717, 1.165) is 22.7 Å². The fourth-order valence-corrected chi connectivity index (χ4v) is 7.99. The Morgan fingerprint density at radius 3 is 0.964 bits per heavy atom. The van der Waals surface area contributed by atoms with Gasteiger partial charge < -0.3 is 9.47 Å². The molecule has 1 heterocycles. The molecule has 0 atom stereocenters. The molecule has 0 aliphatic carbocycles. The minimum atomic E-state index is 1.11. The number of hydrogen-bond acceptors (Lipinski definition) is 1. The number of anilines is 3. The van der Waals surface area contributed by atoms with Gasteiger partial charge in [0.15, 0.2) is 0 Å². The highest BCUT2D eigenvalue weighted by atomic mass is 15.1. The summed E-state index contributed by atoms with van der Waals surface area (Å²) in [6.45, 7) is 0. The van der Waals surface area contributed by atoms with Crippen LogP contribution >= 0.6 is 0 Å². The van der Waals surface area contributed by atoms with Crippen molar-refractivity contribution >= 4 is 38.9 Å². The molecule has 10 aromatic rings. The summed E-state index contributed by atoms with van der Waals surface area (Å²) in [4.78, 5) is 2.32. The average Bonchev–Trinajstić information content (AvgIpc) is 3.61. The molecule has 0 bridgehead atoms. The first kappa shape index (κ1) is 33.2. The Morgan fingerprint density at radius 2 is 0.554 bits per heavy atom. The van der Waals surface area contributed by atoms with Gasteiger partial charge in [0.1, 0.15) is 0 Å². The lowest BCUT2D eigenvalue weighted by Crippen LogP contribution is -2.09. The zero-order chi connectivity index (χ0) is 37.3. The second-order valence-corrected chi connectivity index (χ2v) is 14.2. The van der Waals surface area contributed by atoms with Crippen molar-refractivity contribution in [1.29, 1.82) is 0 Å². The van der Waals surface area contributed by atoms with E-state index in [-0.39, 0.29) is 0 Å². The second-order valence-electron chi connectivity index (χ2n) is 14.2. The SMILES string of the molecule is c1ccc(-c2ccc(N(c3ccccc3)c3ccc(-c4ccc(-n5c6ccc(-c7ccccc7)cc6c6cc(-c7ccccc7)ccc65)cc4)cc3)cc2)cc1. The van der Waals surface area contributed by atoms with Gasteiger partial charge >= 0.3 is 0 Å². The van der Waals surface area contributed by atoms with Gasteiger partial charge in [-0.05, 0) is 117 Å². The lowest BCUT2D eigenvalue weighted by atomic mass is 10.0. The van der Waals surface area contributed by atoms with Crippen molar-refractivity contribution in [1.82, 2.24) is 4.57 Å². The summed E-state index contributed by atoms with van der Waals surface area (Å²) < 4.78 is 2.40. The van der Waals surface area contributed by atoms with Gasteiger partial charge in [-0.15, -0.1) is 0 Å². The molecule has 0 radical (unpaired) electrons. The summed E-state index contributed by atoms with van der Waals surface area (Å²) in [5.41, 5.74) is 16.5. The number of benzene rings is 9.